The van der Waals surface area contributed by atoms with Gasteiger partial charge in [-0.05, 0) is 73.8 Å². The SMILES string of the molecule is CNC1CCN(Cc2ccc(NC(=O)c3ccc(C)c(C#Cc4cnc5c(Nc6cnn(CCOC)c6)cccn45)c3)cc2C(F)(F)F)C1. The smallest absolute Gasteiger partial charge is 0.383 e. The lowest BCUT2D eigenvalue weighted by atomic mass is 10.0. The summed E-state index contributed by atoms with van der Waals surface area (Å²) in [7, 11) is 3.50. The van der Waals surface area contributed by atoms with E-state index in [0.29, 0.717) is 36.6 Å². The summed E-state index contributed by atoms with van der Waals surface area (Å²) in [4.78, 5) is 19.8. The van der Waals surface area contributed by atoms with Crippen LogP contribution in [0.4, 0.5) is 30.2 Å². The summed E-state index contributed by atoms with van der Waals surface area (Å²) >= 11 is 0. The van der Waals surface area contributed by atoms with Crippen molar-refractivity contribution in [2.75, 3.05) is 44.5 Å². The molecule has 0 radical (unpaired) electrons. The molecule has 0 spiro atoms. The van der Waals surface area contributed by atoms with Gasteiger partial charge < -0.3 is 20.7 Å². The van der Waals surface area contributed by atoms with Gasteiger partial charge in [0.15, 0.2) is 5.65 Å². The standard InChI is InChI=1S/C36H37F3N8O2/c1-24-6-7-26(35(48)44-28-10-8-27(32(18-28)36(37,38)39)21-45-14-12-29(22-45)40-2)17-25(24)9-11-31-20-41-34-33(5-4-13-47(31)34)43-30-19-42-46(23-30)15-16-49-3/h4-8,10,13,17-20,23,29,40,43H,12,14-16,21-22H2,1-3H3,(H,44,48). The van der Waals surface area contributed by atoms with Gasteiger partial charge in [0, 0.05) is 62.0 Å². The summed E-state index contributed by atoms with van der Waals surface area (Å²) < 4.78 is 51.0. The molecule has 254 valence electrons. The number of carbonyl (C=O) groups is 1. The number of aryl methyl sites for hydroxylation is 1. The van der Waals surface area contributed by atoms with Crippen LogP contribution in [0.25, 0.3) is 5.65 Å². The Morgan fingerprint density at radius 3 is 2.73 bits per heavy atom. The predicted molar refractivity (Wildman–Crippen MR) is 182 cm³/mol. The van der Waals surface area contributed by atoms with Gasteiger partial charge in [-0.2, -0.15) is 18.3 Å². The highest BCUT2D eigenvalue weighted by Crippen LogP contribution is 2.35. The van der Waals surface area contributed by atoms with Crippen molar-refractivity contribution in [3.63, 3.8) is 0 Å². The minimum Gasteiger partial charge on any atom is -0.383 e. The Labute approximate surface area is 282 Å². The number of anilines is 3. The fourth-order valence-corrected chi connectivity index (χ4v) is 5.83. The third kappa shape index (κ3) is 7.94. The first-order chi connectivity index (χ1) is 23.6. The quantitative estimate of drug-likeness (QED) is 0.164. The topological polar surface area (TPSA) is 101 Å². The van der Waals surface area contributed by atoms with Crippen molar-refractivity contribution in [2.45, 2.75) is 38.7 Å². The lowest BCUT2D eigenvalue weighted by Crippen LogP contribution is -2.29. The van der Waals surface area contributed by atoms with Crippen LogP contribution in [-0.2, 0) is 24.0 Å². The maximum atomic E-state index is 14.1. The third-order valence-electron chi connectivity index (χ3n) is 8.55. The number of amides is 1. The first-order valence-corrected chi connectivity index (χ1v) is 15.9. The molecular weight excluding hydrogens is 633 g/mol. The first kappa shape index (κ1) is 33.7. The molecule has 6 rings (SSSR count). The van der Waals surface area contributed by atoms with E-state index in [4.69, 9.17) is 4.74 Å². The normalized spacial score (nSPS) is 14.9. The van der Waals surface area contributed by atoms with Gasteiger partial charge in [0.1, 0.15) is 5.69 Å². The molecule has 4 heterocycles. The second-order valence-electron chi connectivity index (χ2n) is 12.0. The Kier molecular flexibility index (Phi) is 10.0. The van der Waals surface area contributed by atoms with E-state index in [2.05, 4.69) is 37.9 Å². The van der Waals surface area contributed by atoms with E-state index >= 15 is 0 Å². The van der Waals surface area contributed by atoms with Gasteiger partial charge in [0.2, 0.25) is 0 Å². The molecule has 2 aromatic carbocycles. The number of fused-ring (bicyclic) bond motifs is 1. The van der Waals surface area contributed by atoms with Crippen LogP contribution < -0.4 is 16.0 Å². The molecule has 1 amide bonds. The molecule has 1 unspecified atom stereocenters. The predicted octanol–water partition coefficient (Wildman–Crippen LogP) is 5.69. The Balaban J connectivity index is 1.18. The number of nitrogens with zero attached hydrogens (tertiary/aromatic N) is 5. The number of nitrogens with one attached hydrogen (secondary N) is 3. The number of benzene rings is 2. The zero-order chi connectivity index (χ0) is 34.5. The summed E-state index contributed by atoms with van der Waals surface area (Å²) in [5, 5.41) is 13.5. The molecule has 1 atom stereocenters. The number of hydrogen-bond acceptors (Lipinski definition) is 7. The molecule has 49 heavy (non-hydrogen) atoms. The number of likely N-dealkylation sites (tertiary alicyclic amines) is 1. The van der Waals surface area contributed by atoms with Crippen molar-refractivity contribution < 1.29 is 22.7 Å². The maximum Gasteiger partial charge on any atom is 0.416 e. The van der Waals surface area contributed by atoms with Gasteiger partial charge in [0.05, 0.1) is 42.5 Å². The minimum absolute atomic E-state index is 0.0706. The number of likely N-dealkylation sites (N-methyl/N-ethyl adjacent to an activating group) is 1. The molecule has 1 aliphatic rings. The van der Waals surface area contributed by atoms with Crippen LogP contribution in [0.5, 0.6) is 0 Å². The van der Waals surface area contributed by atoms with Crippen LogP contribution in [0.3, 0.4) is 0 Å². The van der Waals surface area contributed by atoms with Gasteiger partial charge in [-0.3, -0.25) is 18.8 Å². The summed E-state index contributed by atoms with van der Waals surface area (Å²) in [6, 6.07) is 13.1. The monoisotopic (exact) mass is 670 g/mol. The first-order valence-electron chi connectivity index (χ1n) is 15.9. The minimum atomic E-state index is -4.56. The van der Waals surface area contributed by atoms with Crippen molar-refractivity contribution in [1.29, 1.82) is 0 Å². The highest BCUT2D eigenvalue weighted by atomic mass is 19.4. The van der Waals surface area contributed by atoms with E-state index in [1.165, 1.54) is 12.1 Å². The van der Waals surface area contributed by atoms with E-state index in [1.807, 2.05) is 47.8 Å². The van der Waals surface area contributed by atoms with Crippen molar-refractivity contribution in [2.24, 2.45) is 0 Å². The van der Waals surface area contributed by atoms with Crippen LogP contribution in [0, 0.1) is 18.8 Å². The fraction of sp³-hybridized carbons (Fsp3) is 0.306. The molecule has 3 N–H and O–H groups in total. The average Bonchev–Trinajstić information content (AvgIpc) is 3.84. The van der Waals surface area contributed by atoms with Crippen molar-refractivity contribution in [3.05, 3.63) is 107 Å². The molecule has 0 aliphatic carbocycles. The molecule has 10 nitrogen and oxygen atoms in total. The highest BCUT2D eigenvalue weighted by Gasteiger charge is 2.35. The number of methoxy groups -OCH3 is 1. The molecule has 1 aliphatic heterocycles. The van der Waals surface area contributed by atoms with Crippen molar-refractivity contribution in [1.82, 2.24) is 29.4 Å². The number of carbonyl (C=O) groups excluding carboxylic acids is 1. The molecule has 5 aromatic rings. The lowest BCUT2D eigenvalue weighted by molar-refractivity contribution is -0.138. The molecule has 0 saturated carbocycles. The summed E-state index contributed by atoms with van der Waals surface area (Å²) in [6.07, 6.45) is 3.47. The zero-order valence-electron chi connectivity index (χ0n) is 27.4. The number of rotatable bonds is 10. The van der Waals surface area contributed by atoms with Crippen molar-refractivity contribution in [3.8, 4) is 11.8 Å². The molecule has 0 bridgehead atoms. The van der Waals surface area contributed by atoms with E-state index in [1.54, 1.807) is 42.4 Å². The molecule has 1 fully saturated rings. The van der Waals surface area contributed by atoms with Gasteiger partial charge in [-0.15, -0.1) is 0 Å². The van der Waals surface area contributed by atoms with Crippen molar-refractivity contribution >= 4 is 28.6 Å². The second kappa shape index (κ2) is 14.5. The Hall–Kier alpha value is -5.16. The number of aromatic nitrogens is 4. The van der Waals surface area contributed by atoms with Crippen LogP contribution in [0.15, 0.2) is 73.3 Å². The largest absolute Gasteiger partial charge is 0.416 e. The van der Waals surface area contributed by atoms with Crippen LogP contribution in [-0.4, -0.2) is 69.9 Å². The summed E-state index contributed by atoms with van der Waals surface area (Å²) in [5.74, 6) is 5.76. The molecule has 1 saturated heterocycles. The molecule has 3 aromatic heterocycles. The fourth-order valence-electron chi connectivity index (χ4n) is 5.83. The third-order valence-corrected chi connectivity index (χ3v) is 8.55. The number of alkyl halides is 3. The highest BCUT2D eigenvalue weighted by molar-refractivity contribution is 6.04. The number of halogens is 3. The average molecular weight is 671 g/mol. The number of ether oxygens (including phenoxy) is 1. The Morgan fingerprint density at radius 2 is 1.96 bits per heavy atom. The van der Waals surface area contributed by atoms with E-state index in [-0.39, 0.29) is 29.4 Å². The van der Waals surface area contributed by atoms with E-state index in [9.17, 15) is 18.0 Å². The zero-order valence-corrected chi connectivity index (χ0v) is 27.4. The van der Waals surface area contributed by atoms with Gasteiger partial charge in [0.25, 0.3) is 5.91 Å². The van der Waals surface area contributed by atoms with E-state index < -0.39 is 17.6 Å². The van der Waals surface area contributed by atoms with Gasteiger partial charge >= 0.3 is 6.18 Å². The van der Waals surface area contributed by atoms with Crippen LogP contribution >= 0.6 is 0 Å². The maximum absolute atomic E-state index is 14.1. The molecule has 13 heteroatoms. The van der Waals surface area contributed by atoms with Gasteiger partial charge in [-0.1, -0.05) is 18.1 Å². The lowest BCUT2D eigenvalue weighted by Gasteiger charge is -2.20. The number of hydrogen-bond donors (Lipinski definition) is 3. The van der Waals surface area contributed by atoms with E-state index in [0.717, 1.165) is 36.0 Å². The van der Waals surface area contributed by atoms with Gasteiger partial charge in [-0.25, -0.2) is 4.98 Å². The second-order valence-corrected chi connectivity index (χ2v) is 12.0. The Bertz CT molecular complexity index is 2020. The number of pyridine rings is 1. The molecular formula is C36H37F3N8O2. The Morgan fingerprint density at radius 1 is 1.10 bits per heavy atom. The van der Waals surface area contributed by atoms with Crippen LogP contribution in [0.1, 0.15) is 44.7 Å². The summed E-state index contributed by atoms with van der Waals surface area (Å²) in [5.41, 5.74) is 4.12. The number of imidazole rings is 1. The summed E-state index contributed by atoms with van der Waals surface area (Å²) in [6.45, 7) is 4.66. The van der Waals surface area contributed by atoms with Crippen LogP contribution in [0.2, 0.25) is 0 Å².